The van der Waals surface area contributed by atoms with Crippen molar-refractivity contribution in [3.63, 3.8) is 0 Å². The second kappa shape index (κ2) is 8.13. The van der Waals surface area contributed by atoms with E-state index in [0.717, 1.165) is 30.1 Å². The Hall–Kier alpha value is -3.34. The number of aldehydes is 1. The molecule has 0 saturated heterocycles. The van der Waals surface area contributed by atoms with Gasteiger partial charge in [-0.3, -0.25) is 9.78 Å². The second-order valence-corrected chi connectivity index (χ2v) is 6.82. The van der Waals surface area contributed by atoms with Gasteiger partial charge in [0.15, 0.2) is 6.29 Å². The number of nitrogens with zero attached hydrogens (tertiary/aromatic N) is 3. The van der Waals surface area contributed by atoms with E-state index >= 15 is 0 Å². The zero-order valence-corrected chi connectivity index (χ0v) is 15.7. The fraction of sp³-hybridized carbons (Fsp3) is 0.217. The zero-order chi connectivity index (χ0) is 19.3. The van der Waals surface area contributed by atoms with Crippen LogP contribution in [-0.2, 0) is 6.42 Å². The zero-order valence-electron chi connectivity index (χ0n) is 15.7. The van der Waals surface area contributed by atoms with Gasteiger partial charge in [0.25, 0.3) is 0 Å². The molecule has 140 valence electrons. The molecule has 2 heterocycles. The maximum Gasteiger partial charge on any atom is 0.248 e. The number of aromatic nitrogens is 3. The maximum atomic E-state index is 11.3. The first-order valence-electron chi connectivity index (χ1n) is 9.50. The van der Waals surface area contributed by atoms with E-state index in [1.807, 2.05) is 24.3 Å². The first kappa shape index (κ1) is 18.0. The van der Waals surface area contributed by atoms with Crippen LogP contribution in [0.25, 0.3) is 22.4 Å². The molecular formula is C23H21N3O2. The summed E-state index contributed by atoms with van der Waals surface area (Å²) in [6.45, 7) is 2.18. The SMILES string of the molecule is CCC[C@H](Cc1nnc(-c2ccc(C=O)c3ncccc23)o1)c1ccccc1. The minimum absolute atomic E-state index is 0.343. The van der Waals surface area contributed by atoms with Gasteiger partial charge in [-0.05, 0) is 36.1 Å². The minimum atomic E-state index is 0.343. The molecule has 0 bridgehead atoms. The standard InChI is InChI=1S/C23H21N3O2/c1-2-7-17(16-8-4-3-5-9-16)14-21-25-26-23(28-21)20-12-11-18(15-27)22-19(20)10-6-13-24-22/h3-6,8-13,15,17H,2,7,14H2,1H3/t17-/m1/s1. The number of pyridine rings is 1. The van der Waals surface area contributed by atoms with Crippen molar-refractivity contribution in [3.05, 3.63) is 77.8 Å². The number of hydrogen-bond acceptors (Lipinski definition) is 5. The van der Waals surface area contributed by atoms with Gasteiger partial charge < -0.3 is 4.42 Å². The van der Waals surface area contributed by atoms with Crippen LogP contribution in [0.15, 0.2) is 65.2 Å². The molecule has 4 rings (SSSR count). The Balaban J connectivity index is 1.66. The predicted octanol–water partition coefficient (Wildman–Crippen LogP) is 5.22. The van der Waals surface area contributed by atoms with E-state index in [4.69, 9.17) is 4.42 Å². The highest BCUT2D eigenvalue weighted by Crippen LogP contribution is 2.30. The minimum Gasteiger partial charge on any atom is -0.421 e. The fourth-order valence-electron chi connectivity index (χ4n) is 3.59. The number of carbonyl (C=O) groups is 1. The Morgan fingerprint density at radius 1 is 1.04 bits per heavy atom. The molecule has 28 heavy (non-hydrogen) atoms. The van der Waals surface area contributed by atoms with Crippen molar-refractivity contribution in [2.24, 2.45) is 0 Å². The smallest absolute Gasteiger partial charge is 0.248 e. The van der Waals surface area contributed by atoms with E-state index in [1.54, 1.807) is 12.3 Å². The lowest BCUT2D eigenvalue weighted by Gasteiger charge is -2.14. The van der Waals surface area contributed by atoms with Gasteiger partial charge in [-0.25, -0.2) is 0 Å². The van der Waals surface area contributed by atoms with Gasteiger partial charge in [-0.1, -0.05) is 49.7 Å². The topological polar surface area (TPSA) is 68.9 Å². The molecular weight excluding hydrogens is 350 g/mol. The van der Waals surface area contributed by atoms with Crippen molar-refractivity contribution < 1.29 is 9.21 Å². The average molecular weight is 371 g/mol. The summed E-state index contributed by atoms with van der Waals surface area (Å²) >= 11 is 0. The van der Waals surface area contributed by atoms with Gasteiger partial charge in [0.05, 0.1) is 5.52 Å². The monoisotopic (exact) mass is 371 g/mol. The van der Waals surface area contributed by atoms with Crippen molar-refractivity contribution in [1.29, 1.82) is 0 Å². The van der Waals surface area contributed by atoms with Crippen molar-refractivity contribution in [2.75, 3.05) is 0 Å². The third kappa shape index (κ3) is 3.56. The van der Waals surface area contributed by atoms with E-state index in [9.17, 15) is 4.79 Å². The van der Waals surface area contributed by atoms with Gasteiger partial charge in [0.2, 0.25) is 11.8 Å². The summed E-state index contributed by atoms with van der Waals surface area (Å²) in [5, 5.41) is 9.38. The summed E-state index contributed by atoms with van der Waals surface area (Å²) < 4.78 is 6.01. The fourth-order valence-corrected chi connectivity index (χ4v) is 3.59. The van der Waals surface area contributed by atoms with Gasteiger partial charge in [-0.15, -0.1) is 10.2 Å². The summed E-state index contributed by atoms with van der Waals surface area (Å²) in [7, 11) is 0. The van der Waals surface area contributed by atoms with Gasteiger partial charge in [0.1, 0.15) is 0 Å². The Bertz CT molecular complexity index is 1090. The number of hydrogen-bond donors (Lipinski definition) is 0. The summed E-state index contributed by atoms with van der Waals surface area (Å²) in [5.41, 5.74) is 3.27. The quantitative estimate of drug-likeness (QED) is 0.416. The molecule has 0 spiro atoms. The van der Waals surface area contributed by atoms with Gasteiger partial charge >= 0.3 is 0 Å². The summed E-state index contributed by atoms with van der Waals surface area (Å²) in [6, 6.07) is 17.8. The van der Waals surface area contributed by atoms with Crippen molar-refractivity contribution in [1.82, 2.24) is 15.2 Å². The van der Waals surface area contributed by atoms with Crippen LogP contribution >= 0.6 is 0 Å². The third-order valence-electron chi connectivity index (χ3n) is 4.95. The summed E-state index contributed by atoms with van der Waals surface area (Å²) in [5.74, 6) is 1.41. The van der Waals surface area contributed by atoms with Crippen LogP contribution in [0.5, 0.6) is 0 Å². The van der Waals surface area contributed by atoms with Crippen LogP contribution in [0.3, 0.4) is 0 Å². The molecule has 4 aromatic rings. The number of rotatable bonds is 7. The summed E-state index contributed by atoms with van der Waals surface area (Å²) in [6.07, 6.45) is 5.33. The highest BCUT2D eigenvalue weighted by molar-refractivity contribution is 6.01. The Morgan fingerprint density at radius 3 is 2.68 bits per heavy atom. The van der Waals surface area contributed by atoms with Crippen molar-refractivity contribution in [3.8, 4) is 11.5 Å². The molecule has 0 unspecified atom stereocenters. The lowest BCUT2D eigenvalue weighted by Crippen LogP contribution is -2.03. The maximum absolute atomic E-state index is 11.3. The number of benzene rings is 2. The molecule has 0 aliphatic heterocycles. The van der Waals surface area contributed by atoms with E-state index < -0.39 is 0 Å². The van der Waals surface area contributed by atoms with Crippen LogP contribution in [0.1, 0.15) is 47.5 Å². The summed E-state index contributed by atoms with van der Waals surface area (Å²) in [4.78, 5) is 15.6. The molecule has 0 radical (unpaired) electrons. The van der Waals surface area contributed by atoms with Crippen molar-refractivity contribution in [2.45, 2.75) is 32.1 Å². The molecule has 5 heteroatoms. The Kier molecular flexibility index (Phi) is 5.24. The number of carbonyl (C=O) groups excluding carboxylic acids is 1. The van der Waals surface area contributed by atoms with Crippen molar-refractivity contribution >= 4 is 17.2 Å². The Morgan fingerprint density at radius 2 is 1.89 bits per heavy atom. The van der Waals surface area contributed by atoms with E-state index in [2.05, 4.69) is 46.4 Å². The molecule has 2 aromatic carbocycles. The molecule has 0 fully saturated rings. The van der Waals surface area contributed by atoms with Gasteiger partial charge in [0, 0.05) is 29.1 Å². The third-order valence-corrected chi connectivity index (χ3v) is 4.95. The lowest BCUT2D eigenvalue weighted by atomic mass is 9.91. The number of fused-ring (bicyclic) bond motifs is 1. The molecule has 0 N–H and O–H groups in total. The largest absolute Gasteiger partial charge is 0.421 e. The highest BCUT2D eigenvalue weighted by Gasteiger charge is 2.18. The first-order valence-corrected chi connectivity index (χ1v) is 9.50. The Labute approximate surface area is 163 Å². The molecule has 5 nitrogen and oxygen atoms in total. The molecule has 0 saturated carbocycles. The molecule has 0 amide bonds. The van der Waals surface area contributed by atoms with E-state index in [0.29, 0.717) is 35.2 Å². The van der Waals surface area contributed by atoms with Crippen LogP contribution in [0.4, 0.5) is 0 Å². The van der Waals surface area contributed by atoms with E-state index in [1.165, 1.54) is 5.56 Å². The van der Waals surface area contributed by atoms with Crippen LogP contribution < -0.4 is 0 Å². The van der Waals surface area contributed by atoms with Crippen LogP contribution in [-0.4, -0.2) is 21.5 Å². The van der Waals surface area contributed by atoms with E-state index in [-0.39, 0.29) is 0 Å². The normalized spacial score (nSPS) is 12.2. The predicted molar refractivity (Wildman–Crippen MR) is 108 cm³/mol. The lowest BCUT2D eigenvalue weighted by molar-refractivity contribution is 0.112. The highest BCUT2D eigenvalue weighted by atomic mass is 16.4. The molecule has 0 aliphatic carbocycles. The average Bonchev–Trinajstić information content (AvgIpc) is 3.21. The molecule has 2 aromatic heterocycles. The molecule has 0 aliphatic rings. The molecule has 1 atom stereocenters. The van der Waals surface area contributed by atoms with Crippen LogP contribution in [0, 0.1) is 0 Å². The van der Waals surface area contributed by atoms with Gasteiger partial charge in [-0.2, -0.15) is 0 Å². The first-order chi connectivity index (χ1) is 13.8. The second-order valence-electron chi connectivity index (χ2n) is 6.82. The van der Waals surface area contributed by atoms with Crippen LogP contribution in [0.2, 0.25) is 0 Å².